The van der Waals surface area contributed by atoms with Gasteiger partial charge in [-0.15, -0.1) is 0 Å². The molecule has 2 saturated heterocycles. The fraction of sp³-hybridized carbons (Fsp3) is 0.500. The van der Waals surface area contributed by atoms with Crippen molar-refractivity contribution in [2.75, 3.05) is 18.5 Å². The van der Waals surface area contributed by atoms with Gasteiger partial charge in [-0.05, 0) is 13.0 Å². The number of fused-ring (bicyclic) bond motifs is 2. The number of rotatable bonds is 5. The number of nitrogens with zero attached hydrogens (tertiary/aromatic N) is 4. The van der Waals surface area contributed by atoms with E-state index in [2.05, 4.69) is 25.4 Å². The first kappa shape index (κ1) is 18.6. The van der Waals surface area contributed by atoms with Crippen molar-refractivity contribution in [3.8, 4) is 6.01 Å². The molecule has 5 rings (SSSR count). The highest BCUT2D eigenvalue weighted by atomic mass is 35.5. The van der Waals surface area contributed by atoms with Crippen LogP contribution in [-0.2, 0) is 23.1 Å². The van der Waals surface area contributed by atoms with E-state index in [4.69, 9.17) is 25.8 Å². The van der Waals surface area contributed by atoms with Crippen molar-refractivity contribution in [2.45, 2.75) is 37.9 Å². The van der Waals surface area contributed by atoms with Crippen molar-refractivity contribution in [2.24, 2.45) is 7.05 Å². The largest absolute Gasteiger partial charge is 0.456 e. The number of anilines is 1. The minimum atomic E-state index is -0.623. The SMILES string of the molecule is Cc1nn(C)cc1CNc1nc2nc(O[C@@H]3CO[C@H]4C3OC[C@H]4O)[nH]c2cc1Cl. The first-order valence-electron chi connectivity index (χ1n) is 9.35. The van der Waals surface area contributed by atoms with E-state index in [9.17, 15) is 5.11 Å². The molecule has 2 aliphatic heterocycles. The van der Waals surface area contributed by atoms with Crippen molar-refractivity contribution in [3.63, 3.8) is 0 Å². The number of H-pyrrole nitrogens is 1. The Labute approximate surface area is 171 Å². The maximum absolute atomic E-state index is 9.84. The van der Waals surface area contributed by atoms with Crippen LogP contribution >= 0.6 is 11.6 Å². The van der Waals surface area contributed by atoms with Crippen molar-refractivity contribution in [1.82, 2.24) is 24.7 Å². The predicted molar refractivity (Wildman–Crippen MR) is 104 cm³/mol. The first-order chi connectivity index (χ1) is 14.0. The number of nitrogens with one attached hydrogen (secondary N) is 2. The molecule has 0 aliphatic carbocycles. The van der Waals surface area contributed by atoms with E-state index >= 15 is 0 Å². The number of pyridine rings is 1. The van der Waals surface area contributed by atoms with Crippen LogP contribution in [0.5, 0.6) is 6.01 Å². The van der Waals surface area contributed by atoms with E-state index in [1.54, 1.807) is 10.7 Å². The van der Waals surface area contributed by atoms with Gasteiger partial charge in [0.1, 0.15) is 24.1 Å². The van der Waals surface area contributed by atoms with Gasteiger partial charge in [0.15, 0.2) is 11.8 Å². The Morgan fingerprint density at radius 2 is 2.17 bits per heavy atom. The second kappa shape index (κ2) is 7.13. The molecule has 154 valence electrons. The molecule has 2 fully saturated rings. The number of ether oxygens (including phenoxy) is 3. The van der Waals surface area contributed by atoms with Crippen molar-refractivity contribution in [3.05, 3.63) is 28.5 Å². The number of aromatic nitrogens is 5. The molecule has 0 spiro atoms. The Bertz CT molecular complexity index is 1050. The van der Waals surface area contributed by atoms with Crippen LogP contribution in [0.2, 0.25) is 5.02 Å². The number of aliphatic hydroxyl groups is 1. The van der Waals surface area contributed by atoms with Gasteiger partial charge in [0, 0.05) is 25.4 Å². The molecule has 3 aromatic heterocycles. The third-order valence-corrected chi connectivity index (χ3v) is 5.50. The minimum Gasteiger partial charge on any atom is -0.456 e. The molecule has 11 heteroatoms. The summed E-state index contributed by atoms with van der Waals surface area (Å²) in [6.07, 6.45) is 0.313. The second-order valence-electron chi connectivity index (χ2n) is 7.32. The van der Waals surface area contributed by atoms with Crippen LogP contribution in [0.4, 0.5) is 5.82 Å². The van der Waals surface area contributed by atoms with Gasteiger partial charge in [-0.3, -0.25) is 4.68 Å². The molecule has 1 unspecified atom stereocenters. The van der Waals surface area contributed by atoms with Gasteiger partial charge < -0.3 is 29.6 Å². The Hall–Kier alpha value is -2.40. The standard InChI is InChI=1S/C18H21ClN6O4/c1-8-9(5-25(2)24-8)4-20-16-10(19)3-11-17(22-16)23-18(21-11)29-13-7-28-14-12(26)6-27-15(13)14/h3,5,12-15,26H,4,6-7H2,1-2H3,(H2,20,21,22,23)/t12-,13-,14-,15?/m1/s1. The van der Waals surface area contributed by atoms with Crippen LogP contribution in [0.15, 0.2) is 12.3 Å². The predicted octanol–water partition coefficient (Wildman–Crippen LogP) is 1.17. The number of aliphatic hydroxyl groups excluding tert-OH is 1. The fourth-order valence-electron chi connectivity index (χ4n) is 3.77. The fourth-order valence-corrected chi connectivity index (χ4v) is 3.98. The van der Waals surface area contributed by atoms with Gasteiger partial charge in [-0.25, -0.2) is 4.98 Å². The maximum atomic E-state index is 9.84. The molecular formula is C18H21ClN6O4. The van der Waals surface area contributed by atoms with Gasteiger partial charge in [-0.1, -0.05) is 11.6 Å². The zero-order valence-electron chi connectivity index (χ0n) is 15.9. The maximum Gasteiger partial charge on any atom is 0.296 e. The lowest BCUT2D eigenvalue weighted by Gasteiger charge is -2.15. The molecule has 0 aromatic carbocycles. The van der Waals surface area contributed by atoms with Gasteiger partial charge in [0.25, 0.3) is 6.01 Å². The molecule has 4 atom stereocenters. The van der Waals surface area contributed by atoms with Crippen molar-refractivity contribution < 1.29 is 19.3 Å². The van der Waals surface area contributed by atoms with Gasteiger partial charge in [0.2, 0.25) is 0 Å². The zero-order chi connectivity index (χ0) is 20.1. The number of imidazole rings is 1. The van der Waals surface area contributed by atoms with Gasteiger partial charge in [0.05, 0.1) is 29.4 Å². The van der Waals surface area contributed by atoms with E-state index in [1.165, 1.54) is 0 Å². The Balaban J connectivity index is 1.32. The van der Waals surface area contributed by atoms with Gasteiger partial charge >= 0.3 is 0 Å². The zero-order valence-corrected chi connectivity index (χ0v) is 16.7. The van der Waals surface area contributed by atoms with E-state index in [0.29, 0.717) is 41.2 Å². The lowest BCUT2D eigenvalue weighted by atomic mass is 10.1. The summed E-state index contributed by atoms with van der Waals surface area (Å²) < 4.78 is 18.8. The van der Waals surface area contributed by atoms with Crippen molar-refractivity contribution >= 4 is 28.6 Å². The number of hydrogen-bond donors (Lipinski definition) is 3. The number of aryl methyl sites for hydroxylation is 2. The van der Waals surface area contributed by atoms with Gasteiger partial charge in [-0.2, -0.15) is 10.1 Å². The highest BCUT2D eigenvalue weighted by molar-refractivity contribution is 6.33. The highest BCUT2D eigenvalue weighted by Crippen LogP contribution is 2.30. The monoisotopic (exact) mass is 420 g/mol. The summed E-state index contributed by atoms with van der Waals surface area (Å²) >= 11 is 6.38. The summed E-state index contributed by atoms with van der Waals surface area (Å²) in [6, 6.07) is 2.06. The van der Waals surface area contributed by atoms with Crippen molar-refractivity contribution in [1.29, 1.82) is 0 Å². The van der Waals surface area contributed by atoms with E-state index < -0.39 is 6.10 Å². The third kappa shape index (κ3) is 3.42. The molecule has 5 heterocycles. The molecule has 3 aromatic rings. The molecule has 2 aliphatic rings. The molecule has 29 heavy (non-hydrogen) atoms. The summed E-state index contributed by atoms with van der Waals surface area (Å²) in [5.74, 6) is 0.534. The third-order valence-electron chi connectivity index (χ3n) is 5.21. The molecule has 0 amide bonds. The van der Waals surface area contributed by atoms with Crippen LogP contribution in [0.25, 0.3) is 11.2 Å². The molecule has 0 bridgehead atoms. The molecule has 0 saturated carbocycles. The Morgan fingerprint density at radius 1 is 1.34 bits per heavy atom. The lowest BCUT2D eigenvalue weighted by molar-refractivity contribution is 0.00706. The van der Waals surface area contributed by atoms with E-state index in [0.717, 1.165) is 11.3 Å². The summed E-state index contributed by atoms with van der Waals surface area (Å²) in [6.45, 7) is 3.08. The van der Waals surface area contributed by atoms with Crippen LogP contribution in [0.3, 0.4) is 0 Å². The highest BCUT2D eigenvalue weighted by Gasteiger charge is 2.48. The normalized spacial score (nSPS) is 26.2. The smallest absolute Gasteiger partial charge is 0.296 e. The number of halogens is 1. The number of aromatic amines is 1. The Kier molecular flexibility index (Phi) is 4.58. The lowest BCUT2D eigenvalue weighted by Crippen LogP contribution is -2.34. The van der Waals surface area contributed by atoms with Crippen LogP contribution in [0, 0.1) is 6.92 Å². The first-order valence-corrected chi connectivity index (χ1v) is 9.73. The molecule has 0 radical (unpaired) electrons. The van der Waals surface area contributed by atoms with Crippen LogP contribution in [0.1, 0.15) is 11.3 Å². The average molecular weight is 421 g/mol. The summed E-state index contributed by atoms with van der Waals surface area (Å²) in [5, 5.41) is 17.9. The van der Waals surface area contributed by atoms with E-state index in [1.807, 2.05) is 20.2 Å². The summed E-state index contributed by atoms with van der Waals surface area (Å²) in [5.41, 5.74) is 3.16. The molecule has 10 nitrogen and oxygen atoms in total. The molecule has 3 N–H and O–H groups in total. The Morgan fingerprint density at radius 3 is 2.97 bits per heavy atom. The van der Waals surface area contributed by atoms with E-state index in [-0.39, 0.29) is 24.9 Å². The van der Waals surface area contributed by atoms with Crippen LogP contribution < -0.4 is 10.1 Å². The topological polar surface area (TPSA) is 119 Å². The number of hydrogen-bond acceptors (Lipinski definition) is 8. The molecular weight excluding hydrogens is 400 g/mol. The summed E-state index contributed by atoms with van der Waals surface area (Å²) in [4.78, 5) is 12.0. The summed E-state index contributed by atoms with van der Waals surface area (Å²) in [7, 11) is 1.88. The van der Waals surface area contributed by atoms with Crippen LogP contribution in [-0.4, -0.2) is 67.5 Å². The quantitative estimate of drug-likeness (QED) is 0.562. The average Bonchev–Trinajstić information content (AvgIpc) is 3.41. The minimum absolute atomic E-state index is 0.248. The second-order valence-corrected chi connectivity index (χ2v) is 7.73.